The highest BCUT2D eigenvalue weighted by molar-refractivity contribution is 5.86. The fourth-order valence-corrected chi connectivity index (χ4v) is 2.03. The molecule has 2 N–H and O–H groups in total. The number of carbonyl (C=O) groups is 2. The lowest BCUT2D eigenvalue weighted by atomic mass is 9.90. The molecule has 0 unspecified atom stereocenters. The van der Waals surface area contributed by atoms with Crippen LogP contribution in [0.3, 0.4) is 0 Å². The van der Waals surface area contributed by atoms with Gasteiger partial charge >= 0.3 is 12.0 Å². The van der Waals surface area contributed by atoms with E-state index in [1.807, 2.05) is 0 Å². The van der Waals surface area contributed by atoms with Crippen LogP contribution < -0.4 is 5.32 Å². The van der Waals surface area contributed by atoms with Gasteiger partial charge in [-0.15, -0.1) is 6.58 Å². The predicted molar refractivity (Wildman–Crippen MR) is 72.6 cm³/mol. The van der Waals surface area contributed by atoms with Crippen LogP contribution >= 0.6 is 0 Å². The maximum absolute atomic E-state index is 12.2. The van der Waals surface area contributed by atoms with E-state index in [1.54, 1.807) is 13.2 Å². The standard InChI is InChI=1S/C13H22N2O5/c1-3-6-15(7-10-19-2)12(18)14-13(11(16)17)4-8-20-9-5-13/h3H,1,4-10H2,2H3,(H,14,18)(H,16,17). The van der Waals surface area contributed by atoms with Crippen molar-refractivity contribution in [3.05, 3.63) is 12.7 Å². The SMILES string of the molecule is C=CCN(CCOC)C(=O)NC1(C(=O)O)CCOCC1. The summed E-state index contributed by atoms with van der Waals surface area (Å²) in [7, 11) is 1.54. The van der Waals surface area contributed by atoms with Crippen LogP contribution in [0.5, 0.6) is 0 Å². The van der Waals surface area contributed by atoms with E-state index in [0.29, 0.717) is 32.9 Å². The summed E-state index contributed by atoms with van der Waals surface area (Å²) in [4.78, 5) is 25.2. The molecule has 0 radical (unpaired) electrons. The molecule has 7 heteroatoms. The van der Waals surface area contributed by atoms with E-state index >= 15 is 0 Å². The van der Waals surface area contributed by atoms with E-state index in [1.165, 1.54) is 4.90 Å². The van der Waals surface area contributed by atoms with Crippen molar-refractivity contribution >= 4 is 12.0 Å². The van der Waals surface area contributed by atoms with Crippen LogP contribution in [0.25, 0.3) is 0 Å². The molecule has 0 aromatic rings. The molecule has 2 amide bonds. The number of amides is 2. The number of carboxylic acids is 1. The third kappa shape index (κ3) is 4.21. The smallest absolute Gasteiger partial charge is 0.329 e. The van der Waals surface area contributed by atoms with Gasteiger partial charge in [0.15, 0.2) is 0 Å². The molecule has 114 valence electrons. The Bertz CT molecular complexity index is 353. The number of carboxylic acid groups (broad SMARTS) is 1. The maximum Gasteiger partial charge on any atom is 0.329 e. The number of aliphatic carboxylic acids is 1. The molecular weight excluding hydrogens is 264 g/mol. The number of urea groups is 1. The number of methoxy groups -OCH3 is 1. The van der Waals surface area contributed by atoms with Crippen molar-refractivity contribution in [2.75, 3.05) is 40.0 Å². The molecule has 1 aliphatic rings. The van der Waals surface area contributed by atoms with Crippen LogP contribution in [0, 0.1) is 0 Å². The highest BCUT2D eigenvalue weighted by Gasteiger charge is 2.42. The molecule has 1 aliphatic heterocycles. The van der Waals surface area contributed by atoms with Gasteiger partial charge in [0.25, 0.3) is 0 Å². The molecule has 1 fully saturated rings. The van der Waals surface area contributed by atoms with Gasteiger partial charge in [0, 0.05) is 46.3 Å². The normalized spacial score (nSPS) is 17.2. The van der Waals surface area contributed by atoms with Crippen molar-refractivity contribution < 1.29 is 24.2 Å². The fourth-order valence-electron chi connectivity index (χ4n) is 2.03. The maximum atomic E-state index is 12.2. The van der Waals surface area contributed by atoms with Crippen LogP contribution in [0.1, 0.15) is 12.8 Å². The summed E-state index contributed by atoms with van der Waals surface area (Å²) in [5.74, 6) is -1.03. The number of rotatable bonds is 7. The quantitative estimate of drug-likeness (QED) is 0.664. The fraction of sp³-hybridized carbons (Fsp3) is 0.692. The number of hydrogen-bond acceptors (Lipinski definition) is 4. The first-order valence-corrected chi connectivity index (χ1v) is 6.54. The minimum absolute atomic E-state index is 0.264. The van der Waals surface area contributed by atoms with Gasteiger partial charge in [-0.1, -0.05) is 6.08 Å². The van der Waals surface area contributed by atoms with Crippen LogP contribution in [-0.2, 0) is 14.3 Å². The van der Waals surface area contributed by atoms with E-state index in [9.17, 15) is 14.7 Å². The zero-order valence-corrected chi connectivity index (χ0v) is 11.8. The van der Waals surface area contributed by atoms with Gasteiger partial charge in [0.05, 0.1) is 6.61 Å². The van der Waals surface area contributed by atoms with Gasteiger partial charge in [-0.25, -0.2) is 9.59 Å². The summed E-state index contributed by atoms with van der Waals surface area (Å²) < 4.78 is 10.1. The molecule has 1 saturated heterocycles. The summed E-state index contributed by atoms with van der Waals surface area (Å²) in [6, 6.07) is -0.425. The molecular formula is C13H22N2O5. The average molecular weight is 286 g/mol. The lowest BCUT2D eigenvalue weighted by Crippen LogP contribution is -2.60. The Morgan fingerprint density at radius 2 is 2.15 bits per heavy atom. The molecule has 7 nitrogen and oxygen atoms in total. The van der Waals surface area contributed by atoms with Crippen LogP contribution in [0.4, 0.5) is 4.79 Å². The second kappa shape index (κ2) is 7.86. The Balaban J connectivity index is 2.72. The second-order valence-electron chi connectivity index (χ2n) is 4.66. The first kappa shape index (κ1) is 16.5. The molecule has 0 spiro atoms. The predicted octanol–water partition coefficient (Wildman–Crippen LogP) is 0.464. The van der Waals surface area contributed by atoms with E-state index < -0.39 is 17.5 Å². The summed E-state index contributed by atoms with van der Waals surface area (Å²) in [6.45, 7) is 5.33. The van der Waals surface area contributed by atoms with E-state index in [-0.39, 0.29) is 12.8 Å². The topological polar surface area (TPSA) is 88.1 Å². The molecule has 0 bridgehead atoms. The van der Waals surface area contributed by atoms with Crippen molar-refractivity contribution in [1.82, 2.24) is 10.2 Å². The summed E-state index contributed by atoms with van der Waals surface area (Å²) in [6.07, 6.45) is 2.12. The number of carbonyl (C=O) groups excluding carboxylic acids is 1. The third-order valence-corrected chi connectivity index (χ3v) is 3.30. The highest BCUT2D eigenvalue weighted by atomic mass is 16.5. The number of nitrogens with zero attached hydrogens (tertiary/aromatic N) is 1. The number of hydrogen-bond donors (Lipinski definition) is 2. The molecule has 0 aromatic heterocycles. The summed E-state index contributed by atoms with van der Waals surface area (Å²) in [5, 5.41) is 12.0. The van der Waals surface area contributed by atoms with E-state index in [2.05, 4.69) is 11.9 Å². The molecule has 1 heterocycles. The van der Waals surface area contributed by atoms with Crippen LogP contribution in [-0.4, -0.2) is 67.6 Å². The second-order valence-corrected chi connectivity index (χ2v) is 4.66. The molecule has 0 aromatic carbocycles. The first-order valence-electron chi connectivity index (χ1n) is 6.54. The Morgan fingerprint density at radius 3 is 2.65 bits per heavy atom. The Morgan fingerprint density at radius 1 is 1.50 bits per heavy atom. The van der Waals surface area contributed by atoms with Crippen molar-refractivity contribution in [2.24, 2.45) is 0 Å². The largest absolute Gasteiger partial charge is 0.480 e. The zero-order chi connectivity index (χ0) is 15.0. The Labute approximate surface area is 118 Å². The Kier molecular flexibility index (Phi) is 6.47. The number of nitrogens with one attached hydrogen (secondary N) is 1. The van der Waals surface area contributed by atoms with Crippen molar-refractivity contribution in [3.63, 3.8) is 0 Å². The average Bonchev–Trinajstić information content (AvgIpc) is 2.44. The molecule has 20 heavy (non-hydrogen) atoms. The third-order valence-electron chi connectivity index (χ3n) is 3.30. The summed E-state index contributed by atoms with van der Waals surface area (Å²) >= 11 is 0. The lowest BCUT2D eigenvalue weighted by Gasteiger charge is -2.35. The van der Waals surface area contributed by atoms with Crippen molar-refractivity contribution in [3.8, 4) is 0 Å². The van der Waals surface area contributed by atoms with Crippen LogP contribution in [0.15, 0.2) is 12.7 Å². The van der Waals surface area contributed by atoms with Gasteiger partial charge in [0.2, 0.25) is 0 Å². The Hall–Kier alpha value is -1.60. The van der Waals surface area contributed by atoms with Gasteiger partial charge < -0.3 is 24.8 Å². The minimum atomic E-state index is -1.25. The van der Waals surface area contributed by atoms with Gasteiger partial charge in [-0.3, -0.25) is 0 Å². The van der Waals surface area contributed by atoms with Crippen LogP contribution in [0.2, 0.25) is 0 Å². The minimum Gasteiger partial charge on any atom is -0.480 e. The lowest BCUT2D eigenvalue weighted by molar-refractivity contribution is -0.148. The molecule has 1 rings (SSSR count). The van der Waals surface area contributed by atoms with E-state index in [4.69, 9.17) is 9.47 Å². The van der Waals surface area contributed by atoms with Gasteiger partial charge in [-0.2, -0.15) is 0 Å². The zero-order valence-electron chi connectivity index (χ0n) is 11.8. The number of ether oxygens (including phenoxy) is 2. The van der Waals surface area contributed by atoms with Gasteiger partial charge in [0.1, 0.15) is 5.54 Å². The molecule has 0 aliphatic carbocycles. The van der Waals surface area contributed by atoms with Crippen molar-refractivity contribution in [2.45, 2.75) is 18.4 Å². The molecule has 0 atom stereocenters. The van der Waals surface area contributed by atoms with E-state index in [0.717, 1.165) is 0 Å². The molecule has 0 saturated carbocycles. The first-order chi connectivity index (χ1) is 9.55. The van der Waals surface area contributed by atoms with Crippen molar-refractivity contribution in [1.29, 1.82) is 0 Å². The summed E-state index contributed by atoms with van der Waals surface area (Å²) in [5.41, 5.74) is -1.25. The van der Waals surface area contributed by atoms with Gasteiger partial charge in [-0.05, 0) is 0 Å². The highest BCUT2D eigenvalue weighted by Crippen LogP contribution is 2.21. The monoisotopic (exact) mass is 286 g/mol.